The summed E-state index contributed by atoms with van der Waals surface area (Å²) < 4.78 is 1.44. The van der Waals surface area contributed by atoms with Crippen LogP contribution in [-0.4, -0.2) is 26.0 Å². The number of rotatable bonds is 2. The molecule has 0 aliphatic carbocycles. The lowest BCUT2D eigenvalue weighted by atomic mass is 10.0. The summed E-state index contributed by atoms with van der Waals surface area (Å²) >= 11 is 0. The largest absolute Gasteiger partial charge is 0.507 e. The number of aromatic hydroxyl groups is 1. The molecule has 5 heteroatoms. The van der Waals surface area contributed by atoms with Gasteiger partial charge in [-0.1, -0.05) is 11.6 Å². The number of nitrogens with zero attached hydrogens (tertiary/aromatic N) is 2. The molecular weight excluding hydrogens is 220 g/mol. The Balaban J connectivity index is 2.71. The molecule has 0 aliphatic rings. The van der Waals surface area contributed by atoms with Crippen LogP contribution in [-0.2, 0) is 7.05 Å². The van der Waals surface area contributed by atoms with Gasteiger partial charge in [-0.05, 0) is 19.1 Å². The van der Waals surface area contributed by atoms with Crippen LogP contribution in [0.3, 0.4) is 0 Å². The first-order valence-electron chi connectivity index (χ1n) is 5.06. The number of hydrogen-bond donors (Lipinski definition) is 2. The number of carboxylic acid groups (broad SMARTS) is 1. The zero-order valence-electron chi connectivity index (χ0n) is 9.51. The van der Waals surface area contributed by atoms with Gasteiger partial charge in [0.25, 0.3) is 0 Å². The van der Waals surface area contributed by atoms with Crippen molar-refractivity contribution in [3.8, 4) is 17.0 Å². The van der Waals surface area contributed by atoms with E-state index < -0.39 is 5.97 Å². The summed E-state index contributed by atoms with van der Waals surface area (Å²) in [6.45, 7) is 1.87. The molecule has 0 saturated carbocycles. The number of carbonyl (C=O) groups is 1. The van der Waals surface area contributed by atoms with E-state index >= 15 is 0 Å². The highest BCUT2D eigenvalue weighted by Crippen LogP contribution is 2.31. The van der Waals surface area contributed by atoms with Crippen LogP contribution < -0.4 is 0 Å². The summed E-state index contributed by atoms with van der Waals surface area (Å²) in [4.78, 5) is 11.1. The second-order valence-electron chi connectivity index (χ2n) is 3.86. The lowest BCUT2D eigenvalue weighted by molar-refractivity contribution is 0.0697. The number of aromatic carboxylic acids is 1. The highest BCUT2D eigenvalue weighted by molar-refractivity contribution is 5.95. The Morgan fingerprint density at radius 1 is 1.41 bits per heavy atom. The minimum absolute atomic E-state index is 0.0432. The number of phenolic OH excluding ortho intramolecular Hbond substituents is 1. The van der Waals surface area contributed by atoms with Gasteiger partial charge in [0.2, 0.25) is 0 Å². The van der Waals surface area contributed by atoms with E-state index in [1.807, 2.05) is 6.92 Å². The maximum absolute atomic E-state index is 11.1. The molecule has 0 fully saturated rings. The molecule has 5 nitrogen and oxygen atoms in total. The molecule has 2 rings (SSSR count). The van der Waals surface area contributed by atoms with E-state index in [4.69, 9.17) is 5.11 Å². The number of benzene rings is 1. The van der Waals surface area contributed by atoms with Crippen LogP contribution in [0.5, 0.6) is 5.75 Å². The smallest absolute Gasteiger partial charge is 0.339 e. The van der Waals surface area contributed by atoms with Crippen LogP contribution in [0.15, 0.2) is 24.4 Å². The van der Waals surface area contributed by atoms with Gasteiger partial charge in [0.05, 0.1) is 11.9 Å². The summed E-state index contributed by atoms with van der Waals surface area (Å²) in [5, 5.41) is 22.8. The fraction of sp³-hybridized carbons (Fsp3) is 0.167. The Morgan fingerprint density at radius 3 is 2.76 bits per heavy atom. The first kappa shape index (κ1) is 11.2. The Kier molecular flexibility index (Phi) is 2.59. The van der Waals surface area contributed by atoms with E-state index in [1.54, 1.807) is 25.2 Å². The molecule has 17 heavy (non-hydrogen) atoms. The molecule has 0 bridgehead atoms. The third-order valence-corrected chi connectivity index (χ3v) is 2.58. The quantitative estimate of drug-likeness (QED) is 0.827. The van der Waals surface area contributed by atoms with Crippen molar-refractivity contribution in [2.24, 2.45) is 7.05 Å². The topological polar surface area (TPSA) is 75.3 Å². The molecule has 0 radical (unpaired) electrons. The molecule has 88 valence electrons. The number of aryl methyl sites for hydroxylation is 2. The molecule has 0 saturated heterocycles. The average Bonchev–Trinajstić information content (AvgIpc) is 2.64. The maximum Gasteiger partial charge on any atom is 0.339 e. The maximum atomic E-state index is 11.1. The summed E-state index contributed by atoms with van der Waals surface area (Å²) in [5.74, 6) is -1.02. The van der Waals surface area contributed by atoms with Gasteiger partial charge in [0, 0.05) is 12.6 Å². The van der Waals surface area contributed by atoms with Crippen LogP contribution in [0.4, 0.5) is 0 Å². The van der Waals surface area contributed by atoms with Gasteiger partial charge in [0.1, 0.15) is 11.3 Å². The van der Waals surface area contributed by atoms with Crippen molar-refractivity contribution in [2.45, 2.75) is 6.92 Å². The zero-order valence-corrected chi connectivity index (χ0v) is 9.51. The van der Waals surface area contributed by atoms with Gasteiger partial charge < -0.3 is 10.2 Å². The second kappa shape index (κ2) is 3.93. The molecule has 0 unspecified atom stereocenters. The van der Waals surface area contributed by atoms with Crippen LogP contribution >= 0.6 is 0 Å². The fourth-order valence-corrected chi connectivity index (χ4v) is 1.75. The van der Waals surface area contributed by atoms with Gasteiger partial charge >= 0.3 is 5.97 Å². The third-order valence-electron chi connectivity index (χ3n) is 2.58. The number of hydrogen-bond acceptors (Lipinski definition) is 3. The Bertz CT molecular complexity index is 587. The van der Waals surface area contributed by atoms with Crippen LogP contribution in [0.2, 0.25) is 0 Å². The predicted octanol–water partition coefficient (Wildman–Crippen LogP) is 1.80. The van der Waals surface area contributed by atoms with Crippen molar-refractivity contribution >= 4 is 5.97 Å². The van der Waals surface area contributed by atoms with Crippen molar-refractivity contribution in [3.05, 3.63) is 35.5 Å². The SMILES string of the molecule is Cc1ccc(O)c(-c2c(C(=O)O)cnn2C)c1. The van der Waals surface area contributed by atoms with E-state index in [2.05, 4.69) is 5.10 Å². The lowest BCUT2D eigenvalue weighted by Gasteiger charge is -2.07. The van der Waals surface area contributed by atoms with Crippen molar-refractivity contribution in [1.82, 2.24) is 9.78 Å². The third kappa shape index (κ3) is 1.87. The molecule has 1 aromatic heterocycles. The zero-order chi connectivity index (χ0) is 12.6. The predicted molar refractivity (Wildman–Crippen MR) is 62.0 cm³/mol. The minimum atomic E-state index is -1.06. The summed E-state index contributed by atoms with van der Waals surface area (Å²) in [6, 6.07) is 5.04. The molecule has 2 N–H and O–H groups in total. The van der Waals surface area contributed by atoms with Gasteiger partial charge in [-0.25, -0.2) is 4.79 Å². The number of aromatic nitrogens is 2. The lowest BCUT2D eigenvalue weighted by Crippen LogP contribution is -2.01. The first-order valence-corrected chi connectivity index (χ1v) is 5.06. The van der Waals surface area contributed by atoms with E-state index in [0.717, 1.165) is 5.56 Å². The first-order chi connectivity index (χ1) is 8.00. The van der Waals surface area contributed by atoms with E-state index in [1.165, 1.54) is 10.9 Å². The van der Waals surface area contributed by atoms with E-state index in [9.17, 15) is 9.90 Å². The molecule has 1 aromatic carbocycles. The summed E-state index contributed by atoms with van der Waals surface area (Å²) in [7, 11) is 1.64. The van der Waals surface area contributed by atoms with Gasteiger partial charge in [-0.2, -0.15) is 5.10 Å². The summed E-state index contributed by atoms with van der Waals surface area (Å²) in [6.07, 6.45) is 1.28. The molecule has 0 spiro atoms. The van der Waals surface area contributed by atoms with Gasteiger partial charge in [-0.3, -0.25) is 4.68 Å². The van der Waals surface area contributed by atoms with Crippen molar-refractivity contribution in [2.75, 3.05) is 0 Å². The molecule has 1 heterocycles. The van der Waals surface area contributed by atoms with E-state index in [-0.39, 0.29) is 11.3 Å². The monoisotopic (exact) mass is 232 g/mol. The molecule has 0 amide bonds. The molecule has 2 aromatic rings. The molecule has 0 atom stereocenters. The Labute approximate surface area is 97.9 Å². The Hall–Kier alpha value is -2.30. The van der Waals surface area contributed by atoms with Gasteiger partial charge in [-0.15, -0.1) is 0 Å². The highest BCUT2D eigenvalue weighted by atomic mass is 16.4. The fourth-order valence-electron chi connectivity index (χ4n) is 1.75. The minimum Gasteiger partial charge on any atom is -0.507 e. The average molecular weight is 232 g/mol. The molecular formula is C12H12N2O3. The van der Waals surface area contributed by atoms with Crippen molar-refractivity contribution in [3.63, 3.8) is 0 Å². The van der Waals surface area contributed by atoms with Gasteiger partial charge in [0.15, 0.2) is 0 Å². The van der Waals surface area contributed by atoms with Crippen LogP contribution in [0.25, 0.3) is 11.3 Å². The molecule has 0 aliphatic heterocycles. The van der Waals surface area contributed by atoms with Crippen LogP contribution in [0, 0.1) is 6.92 Å². The number of carboxylic acids is 1. The number of phenols is 1. The second-order valence-corrected chi connectivity index (χ2v) is 3.86. The summed E-state index contributed by atoms with van der Waals surface area (Å²) in [5.41, 5.74) is 1.89. The van der Waals surface area contributed by atoms with E-state index in [0.29, 0.717) is 11.3 Å². The van der Waals surface area contributed by atoms with Crippen molar-refractivity contribution < 1.29 is 15.0 Å². The van der Waals surface area contributed by atoms with Crippen LogP contribution in [0.1, 0.15) is 15.9 Å². The normalized spacial score (nSPS) is 10.5. The standard InChI is InChI=1S/C12H12N2O3/c1-7-3-4-10(15)8(5-7)11-9(12(16)17)6-13-14(11)2/h3-6,15H,1-2H3,(H,16,17). The highest BCUT2D eigenvalue weighted by Gasteiger charge is 2.19. The Morgan fingerprint density at radius 2 is 2.12 bits per heavy atom. The van der Waals surface area contributed by atoms with Crippen molar-refractivity contribution in [1.29, 1.82) is 0 Å².